The highest BCUT2D eigenvalue weighted by Gasteiger charge is 2.28. The number of aromatic nitrogens is 5. The van der Waals surface area contributed by atoms with E-state index in [0.29, 0.717) is 56.8 Å². The number of fused-ring (bicyclic) bond motifs is 1. The van der Waals surface area contributed by atoms with Crippen molar-refractivity contribution < 1.29 is 27.4 Å². The molecule has 2 saturated heterocycles. The number of pyridine rings is 1. The molecule has 14 heteroatoms. The first-order chi connectivity index (χ1) is 20.2. The van der Waals surface area contributed by atoms with Crippen LogP contribution >= 0.6 is 11.6 Å². The number of hydrogen-bond donors (Lipinski definition) is 1. The van der Waals surface area contributed by atoms with Crippen LogP contribution in [0.2, 0.25) is 5.02 Å². The van der Waals surface area contributed by atoms with E-state index < -0.39 is 23.4 Å². The molecular weight excluding hydrogens is 575 g/mol. The number of primary amides is 1. The Hall–Kier alpha value is -3.81. The lowest BCUT2D eigenvalue weighted by Gasteiger charge is -2.32. The van der Waals surface area contributed by atoms with Gasteiger partial charge >= 0.3 is 0 Å². The van der Waals surface area contributed by atoms with Gasteiger partial charge in [0.1, 0.15) is 29.6 Å². The van der Waals surface area contributed by atoms with Crippen LogP contribution in [0.3, 0.4) is 0 Å². The maximum Gasteiger partial charge on any atom is 0.269 e. The molecule has 2 aliphatic heterocycles. The van der Waals surface area contributed by atoms with E-state index in [1.165, 1.54) is 18.2 Å². The summed E-state index contributed by atoms with van der Waals surface area (Å²) in [6.07, 6.45) is 2.11. The molecule has 5 heterocycles. The molecule has 1 atom stereocenters. The van der Waals surface area contributed by atoms with Crippen molar-refractivity contribution in [3.05, 3.63) is 75.6 Å². The number of nitrogens with two attached hydrogens (primary N) is 1. The van der Waals surface area contributed by atoms with Crippen molar-refractivity contribution in [1.82, 2.24) is 29.6 Å². The molecule has 42 heavy (non-hydrogen) atoms. The third-order valence-corrected chi connectivity index (χ3v) is 7.88. The fraction of sp³-hybridized carbons (Fsp3) is 0.393. The van der Waals surface area contributed by atoms with E-state index in [0.717, 1.165) is 24.4 Å². The number of imidazole rings is 1. The first kappa shape index (κ1) is 28.3. The van der Waals surface area contributed by atoms with Crippen LogP contribution in [0.25, 0.3) is 11.2 Å². The van der Waals surface area contributed by atoms with Crippen LogP contribution in [0, 0.1) is 17.5 Å². The van der Waals surface area contributed by atoms with E-state index in [-0.39, 0.29) is 46.5 Å². The molecule has 4 aromatic rings. The van der Waals surface area contributed by atoms with E-state index >= 15 is 0 Å². The zero-order chi connectivity index (χ0) is 29.4. The Morgan fingerprint density at radius 3 is 2.52 bits per heavy atom. The van der Waals surface area contributed by atoms with Gasteiger partial charge in [0.05, 0.1) is 24.9 Å². The van der Waals surface area contributed by atoms with Crippen LogP contribution < -0.4 is 10.5 Å². The summed E-state index contributed by atoms with van der Waals surface area (Å²) in [5, 5.41) is 8.37. The van der Waals surface area contributed by atoms with Crippen molar-refractivity contribution in [2.75, 3.05) is 19.7 Å². The van der Waals surface area contributed by atoms with Gasteiger partial charge in [0.2, 0.25) is 0 Å². The molecule has 1 amide bonds. The number of halogens is 4. The number of carbonyl (C=O) groups is 1. The van der Waals surface area contributed by atoms with Crippen LogP contribution in [-0.2, 0) is 24.4 Å². The summed E-state index contributed by atoms with van der Waals surface area (Å²) in [4.78, 5) is 22.7. The zero-order valence-electron chi connectivity index (χ0n) is 22.4. The smallest absolute Gasteiger partial charge is 0.269 e. The molecule has 220 valence electrons. The lowest BCUT2D eigenvalue weighted by molar-refractivity contribution is -0.0593. The molecular formula is C28H27ClF3N7O3. The van der Waals surface area contributed by atoms with Crippen LogP contribution in [0.15, 0.2) is 30.3 Å². The molecule has 0 unspecified atom stereocenters. The molecule has 0 bridgehead atoms. The van der Waals surface area contributed by atoms with Crippen molar-refractivity contribution in [2.45, 2.75) is 51.0 Å². The second-order valence-corrected chi connectivity index (χ2v) is 10.9. The fourth-order valence-electron chi connectivity index (χ4n) is 5.24. The van der Waals surface area contributed by atoms with Crippen LogP contribution in [0.1, 0.15) is 52.8 Å². The Morgan fingerprint density at radius 1 is 1.05 bits per heavy atom. The Balaban J connectivity index is 1.15. The number of rotatable bonds is 9. The lowest BCUT2D eigenvalue weighted by Crippen LogP contribution is -2.35. The summed E-state index contributed by atoms with van der Waals surface area (Å²) in [6.45, 7) is 2.68. The van der Waals surface area contributed by atoms with Crippen molar-refractivity contribution >= 4 is 28.7 Å². The van der Waals surface area contributed by atoms with Gasteiger partial charge in [-0.25, -0.2) is 23.1 Å². The molecule has 2 fully saturated rings. The van der Waals surface area contributed by atoms with E-state index in [9.17, 15) is 18.0 Å². The Morgan fingerprint density at radius 2 is 1.83 bits per heavy atom. The van der Waals surface area contributed by atoms with Gasteiger partial charge in [0, 0.05) is 35.2 Å². The molecule has 0 radical (unpaired) electrons. The normalized spacial score (nSPS) is 17.9. The number of benzene rings is 1. The van der Waals surface area contributed by atoms with Crippen LogP contribution in [-0.4, -0.2) is 61.3 Å². The highest BCUT2D eigenvalue weighted by molar-refractivity contribution is 6.30. The van der Waals surface area contributed by atoms with Gasteiger partial charge in [0.15, 0.2) is 17.2 Å². The maximum absolute atomic E-state index is 14.8. The van der Waals surface area contributed by atoms with Gasteiger partial charge in [-0.05, 0) is 44.5 Å². The SMILES string of the molecule is NC(=O)c1cc2nc(CN3CCC(c4nc(OCc5ccc(Cl)cc5F)c(F)cc4F)CC3)n(C[C@@H]3CCO3)c2nn1. The lowest BCUT2D eigenvalue weighted by atomic mass is 9.92. The summed E-state index contributed by atoms with van der Waals surface area (Å²) in [7, 11) is 0. The average molecular weight is 602 g/mol. The van der Waals surface area contributed by atoms with Crippen LogP contribution in [0.5, 0.6) is 5.88 Å². The van der Waals surface area contributed by atoms with Crippen LogP contribution in [0.4, 0.5) is 13.2 Å². The number of likely N-dealkylation sites (tertiary alicyclic amines) is 1. The highest BCUT2D eigenvalue weighted by atomic mass is 35.5. The standard InChI is InChI=1S/C28H27ClF3N7O3/c29-17-2-1-16(19(30)9-17)14-42-28-21(32)10-20(31)25(35-28)15-3-6-38(7-4-15)13-24-34-23-11-22(26(33)40)36-37-27(23)39(24)12-18-5-8-41-18/h1-2,9-11,15,18H,3-8,12-14H2,(H2,33,40)/t18-/m0/s1. The van der Waals surface area contributed by atoms with Crippen molar-refractivity contribution in [1.29, 1.82) is 0 Å². The summed E-state index contributed by atoms with van der Waals surface area (Å²) in [5.41, 5.74) is 6.76. The van der Waals surface area contributed by atoms with E-state index in [2.05, 4.69) is 20.1 Å². The molecule has 10 nitrogen and oxygen atoms in total. The molecule has 2 aliphatic rings. The van der Waals surface area contributed by atoms with Crippen molar-refractivity contribution in [3.63, 3.8) is 0 Å². The second-order valence-electron chi connectivity index (χ2n) is 10.4. The third kappa shape index (κ3) is 5.90. The minimum atomic E-state index is -0.958. The van der Waals surface area contributed by atoms with E-state index in [1.54, 1.807) is 0 Å². The highest BCUT2D eigenvalue weighted by Crippen LogP contribution is 2.32. The van der Waals surface area contributed by atoms with Gasteiger partial charge in [-0.1, -0.05) is 17.7 Å². The molecule has 0 spiro atoms. The Bertz CT molecular complexity index is 1640. The molecule has 1 aromatic carbocycles. The number of amides is 1. The van der Waals surface area contributed by atoms with E-state index in [4.69, 9.17) is 31.8 Å². The number of ether oxygens (including phenoxy) is 2. The maximum atomic E-state index is 14.8. The molecule has 2 N–H and O–H groups in total. The van der Waals surface area contributed by atoms with Gasteiger partial charge < -0.3 is 19.8 Å². The third-order valence-electron chi connectivity index (χ3n) is 7.65. The second kappa shape index (κ2) is 11.8. The average Bonchev–Trinajstić information content (AvgIpc) is 3.27. The molecule has 0 saturated carbocycles. The summed E-state index contributed by atoms with van der Waals surface area (Å²) >= 11 is 5.78. The molecule has 3 aromatic heterocycles. The minimum Gasteiger partial charge on any atom is -0.471 e. The largest absolute Gasteiger partial charge is 0.471 e. The molecule has 6 rings (SSSR count). The number of nitrogens with zero attached hydrogens (tertiary/aromatic N) is 6. The summed E-state index contributed by atoms with van der Waals surface area (Å²) in [5.74, 6) is -2.88. The Labute approximate surface area is 243 Å². The van der Waals surface area contributed by atoms with Crippen molar-refractivity contribution in [2.24, 2.45) is 5.73 Å². The predicted molar refractivity (Wildman–Crippen MR) is 145 cm³/mol. The summed E-state index contributed by atoms with van der Waals surface area (Å²) in [6, 6.07) is 6.36. The zero-order valence-corrected chi connectivity index (χ0v) is 23.2. The number of hydrogen-bond acceptors (Lipinski definition) is 8. The Kier molecular flexibility index (Phi) is 7.97. The van der Waals surface area contributed by atoms with Gasteiger partial charge in [-0.15, -0.1) is 10.2 Å². The molecule has 0 aliphatic carbocycles. The minimum absolute atomic E-state index is 0.0369. The first-order valence-electron chi connectivity index (χ1n) is 13.5. The monoisotopic (exact) mass is 601 g/mol. The van der Waals surface area contributed by atoms with Gasteiger partial charge in [-0.2, -0.15) is 0 Å². The summed E-state index contributed by atoms with van der Waals surface area (Å²) < 4.78 is 56.4. The predicted octanol–water partition coefficient (Wildman–Crippen LogP) is 4.14. The number of carbonyl (C=O) groups excluding carboxylic acids is 1. The topological polar surface area (TPSA) is 121 Å². The fourth-order valence-corrected chi connectivity index (χ4v) is 5.40. The van der Waals surface area contributed by atoms with Gasteiger partial charge in [0.25, 0.3) is 11.8 Å². The van der Waals surface area contributed by atoms with Gasteiger partial charge in [-0.3, -0.25) is 9.69 Å². The number of piperidine rings is 1. The van der Waals surface area contributed by atoms with E-state index in [1.807, 2.05) is 4.57 Å². The van der Waals surface area contributed by atoms with Crippen molar-refractivity contribution in [3.8, 4) is 5.88 Å². The first-order valence-corrected chi connectivity index (χ1v) is 13.9. The quantitative estimate of drug-likeness (QED) is 0.304.